The second-order valence-corrected chi connectivity index (χ2v) is 10.7. The van der Waals surface area contributed by atoms with Crippen LogP contribution in [0.15, 0.2) is 46.8 Å². The van der Waals surface area contributed by atoms with Crippen molar-refractivity contribution in [2.75, 3.05) is 17.9 Å². The highest BCUT2D eigenvalue weighted by atomic mass is 32.2. The molecule has 2 aromatic rings. The molecule has 1 saturated heterocycles. The molecule has 2 aliphatic rings. The summed E-state index contributed by atoms with van der Waals surface area (Å²) in [6, 6.07) is 3.65. The maximum absolute atomic E-state index is 13.5. The summed E-state index contributed by atoms with van der Waals surface area (Å²) in [4.78, 5) is 5.80. The standard InChI is InChI=1S/C21H25F3N6O3S2/c1-3-26-28-13(2)18-10-14(21(22,23)24)6-8-30(18)17-7-9-33-19-11-15(4-5-16(17)19)35(31,32)29-20-25-12-27-34-20/h3-5,11-12,14,17-18,28H,2,6-10H2,1H3,(H,25,27,29)/b26-3-/t14-,17+,18+/m0/s1. The maximum atomic E-state index is 13.5. The Morgan fingerprint density at radius 3 is 2.86 bits per heavy atom. The van der Waals surface area contributed by atoms with Crippen LogP contribution in [-0.2, 0) is 10.0 Å². The van der Waals surface area contributed by atoms with E-state index in [9.17, 15) is 21.6 Å². The van der Waals surface area contributed by atoms with Gasteiger partial charge in [0.1, 0.15) is 12.1 Å². The number of halogens is 3. The first-order chi connectivity index (χ1) is 16.6. The molecule has 0 aliphatic carbocycles. The monoisotopic (exact) mass is 530 g/mol. The Bertz CT molecular complexity index is 1190. The number of hydrogen-bond acceptors (Lipinski definition) is 9. The minimum Gasteiger partial charge on any atom is -0.493 e. The van der Waals surface area contributed by atoms with E-state index in [4.69, 9.17) is 4.74 Å². The number of rotatable bonds is 7. The molecule has 0 unspecified atom stereocenters. The van der Waals surface area contributed by atoms with E-state index in [0.29, 0.717) is 30.0 Å². The summed E-state index contributed by atoms with van der Waals surface area (Å²) in [5, 5.41) is 4.07. The van der Waals surface area contributed by atoms with Crippen molar-refractivity contribution in [3.63, 3.8) is 0 Å². The Morgan fingerprint density at radius 2 is 2.17 bits per heavy atom. The first-order valence-corrected chi connectivity index (χ1v) is 13.2. The highest BCUT2D eigenvalue weighted by molar-refractivity contribution is 7.93. The fourth-order valence-electron chi connectivity index (χ4n) is 4.47. The van der Waals surface area contributed by atoms with Crippen molar-refractivity contribution in [2.24, 2.45) is 11.0 Å². The second-order valence-electron chi connectivity index (χ2n) is 8.25. The number of aromatic nitrogens is 2. The van der Waals surface area contributed by atoms with E-state index < -0.39 is 28.2 Å². The van der Waals surface area contributed by atoms with Gasteiger partial charge in [0.2, 0.25) is 5.13 Å². The predicted molar refractivity (Wildman–Crippen MR) is 126 cm³/mol. The molecule has 0 radical (unpaired) electrons. The van der Waals surface area contributed by atoms with Crippen molar-refractivity contribution in [1.29, 1.82) is 0 Å². The minimum absolute atomic E-state index is 0.0113. The molecule has 0 saturated carbocycles. The van der Waals surface area contributed by atoms with E-state index in [2.05, 4.69) is 31.2 Å². The molecule has 0 amide bonds. The van der Waals surface area contributed by atoms with Crippen molar-refractivity contribution in [3.8, 4) is 5.75 Å². The normalized spacial score (nSPS) is 23.5. The van der Waals surface area contributed by atoms with E-state index in [-0.39, 0.29) is 35.5 Å². The molecule has 14 heteroatoms. The van der Waals surface area contributed by atoms with Gasteiger partial charge in [-0.1, -0.05) is 12.6 Å². The third kappa shape index (κ3) is 5.59. The Morgan fingerprint density at radius 1 is 1.37 bits per heavy atom. The second kappa shape index (κ2) is 10.1. The number of nitrogens with one attached hydrogen (secondary N) is 2. The molecular weight excluding hydrogens is 505 g/mol. The SMILES string of the molecule is C=C(N/N=C\C)[C@H]1C[C@@H](C(F)(F)F)CCN1[C@@H]1CCOc2cc(S(=O)(=O)Nc3ncns3)ccc21. The van der Waals surface area contributed by atoms with Gasteiger partial charge in [-0.05, 0) is 25.8 Å². The van der Waals surface area contributed by atoms with Crippen molar-refractivity contribution in [1.82, 2.24) is 19.7 Å². The summed E-state index contributed by atoms with van der Waals surface area (Å²) in [7, 11) is -3.92. The summed E-state index contributed by atoms with van der Waals surface area (Å²) in [6.07, 6.45) is -1.18. The molecule has 35 heavy (non-hydrogen) atoms. The number of likely N-dealkylation sites (tertiary alicyclic amines) is 1. The molecule has 9 nitrogen and oxygen atoms in total. The molecule has 1 fully saturated rings. The third-order valence-corrected chi connectivity index (χ3v) is 8.18. The highest BCUT2D eigenvalue weighted by Gasteiger charge is 2.47. The molecule has 190 valence electrons. The summed E-state index contributed by atoms with van der Waals surface area (Å²) < 4.78 is 78.1. The lowest BCUT2D eigenvalue weighted by Crippen LogP contribution is -2.50. The number of fused-ring (bicyclic) bond motifs is 1. The molecule has 2 N–H and O–H groups in total. The van der Waals surface area contributed by atoms with Gasteiger partial charge >= 0.3 is 6.18 Å². The van der Waals surface area contributed by atoms with Crippen molar-refractivity contribution in [3.05, 3.63) is 42.4 Å². The summed E-state index contributed by atoms with van der Waals surface area (Å²) in [5.74, 6) is -1.06. The lowest BCUT2D eigenvalue weighted by atomic mass is 9.85. The zero-order chi connectivity index (χ0) is 25.2. The Balaban J connectivity index is 1.62. The fourth-order valence-corrected chi connectivity index (χ4v) is 6.15. The van der Waals surface area contributed by atoms with Gasteiger partial charge in [0.25, 0.3) is 10.0 Å². The molecule has 4 rings (SSSR count). The van der Waals surface area contributed by atoms with Crippen LogP contribution in [0, 0.1) is 5.92 Å². The van der Waals surface area contributed by atoms with E-state index in [1.165, 1.54) is 24.7 Å². The van der Waals surface area contributed by atoms with Gasteiger partial charge in [-0.3, -0.25) is 15.0 Å². The molecule has 0 bridgehead atoms. The molecule has 1 aromatic carbocycles. The number of ether oxygens (including phenoxy) is 1. The average Bonchev–Trinajstić information content (AvgIpc) is 3.33. The molecule has 3 atom stereocenters. The van der Waals surface area contributed by atoms with Gasteiger partial charge < -0.3 is 4.74 Å². The first kappa shape index (κ1) is 25.4. The Hall–Kier alpha value is -2.71. The lowest BCUT2D eigenvalue weighted by Gasteiger charge is -2.46. The number of nitrogens with zero attached hydrogens (tertiary/aromatic N) is 4. The molecule has 2 aliphatic heterocycles. The van der Waals surface area contributed by atoms with Crippen LogP contribution >= 0.6 is 11.5 Å². The van der Waals surface area contributed by atoms with E-state index in [1.54, 1.807) is 13.0 Å². The van der Waals surface area contributed by atoms with Crippen LogP contribution < -0.4 is 14.9 Å². The highest BCUT2D eigenvalue weighted by Crippen LogP contribution is 2.44. The van der Waals surface area contributed by atoms with Gasteiger partial charge in [0, 0.05) is 54.1 Å². The number of benzene rings is 1. The van der Waals surface area contributed by atoms with Gasteiger partial charge in [0.15, 0.2) is 0 Å². The van der Waals surface area contributed by atoms with Crippen molar-refractivity contribution >= 4 is 32.9 Å². The molecule has 3 heterocycles. The zero-order valence-corrected chi connectivity index (χ0v) is 20.5. The quantitative estimate of drug-likeness (QED) is 0.413. The maximum Gasteiger partial charge on any atom is 0.391 e. The number of hydrazone groups is 1. The van der Waals surface area contributed by atoms with E-state index in [1.807, 2.05) is 4.90 Å². The number of sulfonamides is 1. The lowest BCUT2D eigenvalue weighted by molar-refractivity contribution is -0.190. The van der Waals surface area contributed by atoms with Crippen LogP contribution in [-0.4, -0.2) is 54.3 Å². The molecule has 1 aromatic heterocycles. The van der Waals surface area contributed by atoms with Crippen LogP contribution in [0.2, 0.25) is 0 Å². The number of hydrogen-bond donors (Lipinski definition) is 2. The Kier molecular flexibility index (Phi) is 7.33. The topological polar surface area (TPSA) is 109 Å². The smallest absolute Gasteiger partial charge is 0.391 e. The van der Waals surface area contributed by atoms with Crippen molar-refractivity contribution in [2.45, 2.75) is 49.3 Å². The van der Waals surface area contributed by atoms with E-state index >= 15 is 0 Å². The zero-order valence-electron chi connectivity index (χ0n) is 18.8. The Labute approximate surface area is 205 Å². The first-order valence-electron chi connectivity index (χ1n) is 10.9. The fraction of sp³-hybridized carbons (Fsp3) is 0.476. The van der Waals surface area contributed by atoms with Gasteiger partial charge in [-0.25, -0.2) is 13.4 Å². The number of anilines is 1. The van der Waals surface area contributed by atoms with E-state index in [0.717, 1.165) is 11.5 Å². The third-order valence-electron chi connectivity index (χ3n) is 6.13. The summed E-state index contributed by atoms with van der Waals surface area (Å²) in [6.45, 7) is 6.14. The largest absolute Gasteiger partial charge is 0.493 e. The summed E-state index contributed by atoms with van der Waals surface area (Å²) >= 11 is 0.909. The molecule has 0 spiro atoms. The predicted octanol–water partition coefficient (Wildman–Crippen LogP) is 3.91. The van der Waals surface area contributed by atoms with Crippen LogP contribution in [0.1, 0.15) is 37.8 Å². The van der Waals surface area contributed by atoms with Crippen LogP contribution in [0.4, 0.5) is 18.3 Å². The van der Waals surface area contributed by atoms with Crippen LogP contribution in [0.3, 0.4) is 0 Å². The van der Waals surface area contributed by atoms with Crippen LogP contribution in [0.5, 0.6) is 5.75 Å². The average molecular weight is 531 g/mol. The molecular formula is C21H25F3N6O3S2. The minimum atomic E-state index is -4.30. The summed E-state index contributed by atoms with van der Waals surface area (Å²) in [5.41, 5.74) is 3.85. The van der Waals surface area contributed by atoms with Crippen molar-refractivity contribution < 1.29 is 26.3 Å². The number of alkyl halides is 3. The number of piperidine rings is 1. The van der Waals surface area contributed by atoms with Gasteiger partial charge in [-0.15, -0.1) is 0 Å². The van der Waals surface area contributed by atoms with Gasteiger partial charge in [-0.2, -0.15) is 22.6 Å². The van der Waals surface area contributed by atoms with Crippen LogP contribution in [0.25, 0.3) is 0 Å². The van der Waals surface area contributed by atoms with Gasteiger partial charge in [0.05, 0.1) is 23.5 Å².